The third-order valence-corrected chi connectivity index (χ3v) is 6.80. The third kappa shape index (κ3) is 3.10. The summed E-state index contributed by atoms with van der Waals surface area (Å²) in [5.74, 6) is 2.57. The number of rotatable bonds is 2. The van der Waals surface area contributed by atoms with Gasteiger partial charge in [0.05, 0.1) is 0 Å². The zero-order valence-corrected chi connectivity index (χ0v) is 13.6. The lowest BCUT2D eigenvalue weighted by Gasteiger charge is -2.38. The highest BCUT2D eigenvalue weighted by atomic mass is 32.1. The van der Waals surface area contributed by atoms with Gasteiger partial charge in [0.15, 0.2) is 0 Å². The van der Waals surface area contributed by atoms with Gasteiger partial charge in [0.2, 0.25) is 0 Å². The van der Waals surface area contributed by atoms with Crippen LogP contribution in [-0.4, -0.2) is 6.17 Å². The van der Waals surface area contributed by atoms with E-state index in [1.165, 1.54) is 41.9 Å². The van der Waals surface area contributed by atoms with Crippen LogP contribution < -0.4 is 0 Å². The Balaban J connectivity index is 1.59. The molecule has 1 aromatic rings. The van der Waals surface area contributed by atoms with Crippen molar-refractivity contribution in [1.29, 1.82) is 0 Å². The molecule has 0 aromatic carbocycles. The van der Waals surface area contributed by atoms with Crippen LogP contribution in [0.25, 0.3) is 0 Å². The van der Waals surface area contributed by atoms with Gasteiger partial charge in [0, 0.05) is 15.7 Å². The molecule has 2 heteroatoms. The topological polar surface area (TPSA) is 0 Å². The number of aryl methyl sites for hydroxylation is 1. The first-order valence-corrected chi connectivity index (χ1v) is 9.15. The summed E-state index contributed by atoms with van der Waals surface area (Å²) in [7, 11) is 0. The van der Waals surface area contributed by atoms with Crippen molar-refractivity contribution in [2.45, 2.75) is 70.9 Å². The maximum atomic E-state index is 14.6. The molecule has 112 valence electrons. The molecule has 20 heavy (non-hydrogen) atoms. The van der Waals surface area contributed by atoms with Gasteiger partial charge in [-0.05, 0) is 68.9 Å². The average Bonchev–Trinajstić information content (AvgIpc) is 2.86. The number of thiophene rings is 1. The average molecular weight is 294 g/mol. The lowest BCUT2D eigenvalue weighted by Crippen LogP contribution is -2.30. The maximum Gasteiger partial charge on any atom is 0.108 e. The summed E-state index contributed by atoms with van der Waals surface area (Å²) in [5.41, 5.74) is 0. The first-order valence-electron chi connectivity index (χ1n) is 8.34. The summed E-state index contributed by atoms with van der Waals surface area (Å²) >= 11 is 1.80. The summed E-state index contributed by atoms with van der Waals surface area (Å²) in [6.07, 6.45) is 7.96. The van der Waals surface area contributed by atoms with Crippen LogP contribution in [0.4, 0.5) is 4.39 Å². The molecule has 1 heterocycles. The molecule has 0 bridgehead atoms. The van der Waals surface area contributed by atoms with Crippen LogP contribution in [-0.2, 0) is 0 Å². The summed E-state index contributed by atoms with van der Waals surface area (Å²) in [6, 6.07) is 4.29. The molecule has 3 rings (SSSR count). The lowest BCUT2D eigenvalue weighted by molar-refractivity contribution is 0.106. The Labute approximate surface area is 126 Å². The van der Waals surface area contributed by atoms with E-state index >= 15 is 0 Å². The fourth-order valence-corrected chi connectivity index (χ4v) is 5.37. The van der Waals surface area contributed by atoms with Crippen molar-refractivity contribution < 1.29 is 4.39 Å². The van der Waals surface area contributed by atoms with Crippen LogP contribution >= 0.6 is 11.3 Å². The Hall–Kier alpha value is -0.370. The van der Waals surface area contributed by atoms with Gasteiger partial charge in [-0.3, -0.25) is 0 Å². The highest BCUT2D eigenvalue weighted by Gasteiger charge is 2.36. The lowest BCUT2D eigenvalue weighted by atomic mass is 9.69. The van der Waals surface area contributed by atoms with Crippen molar-refractivity contribution in [2.24, 2.45) is 17.8 Å². The van der Waals surface area contributed by atoms with E-state index in [0.717, 1.165) is 24.7 Å². The Kier molecular flexibility index (Phi) is 4.49. The van der Waals surface area contributed by atoms with E-state index in [1.807, 2.05) is 0 Å². The standard InChI is InChI=1S/C18H27FS/c1-12-3-6-14(7-4-12)15-8-9-16(17(19)11-15)18-10-5-13(2)20-18/h5,10,12,14-17H,3-4,6-9,11H2,1-2H3. The van der Waals surface area contributed by atoms with E-state index in [4.69, 9.17) is 0 Å². The molecule has 2 aliphatic carbocycles. The molecule has 0 amide bonds. The highest BCUT2D eigenvalue weighted by Crippen LogP contribution is 2.46. The SMILES string of the molecule is Cc1ccc(C2CCC(C3CCC(C)CC3)CC2F)s1. The molecule has 0 saturated heterocycles. The van der Waals surface area contributed by atoms with Crippen molar-refractivity contribution in [3.8, 4) is 0 Å². The fourth-order valence-electron chi connectivity index (χ4n) is 4.30. The third-order valence-electron chi connectivity index (χ3n) is 5.67. The molecule has 3 atom stereocenters. The van der Waals surface area contributed by atoms with Gasteiger partial charge in [0.1, 0.15) is 6.17 Å². The van der Waals surface area contributed by atoms with E-state index in [-0.39, 0.29) is 5.92 Å². The van der Waals surface area contributed by atoms with Crippen LogP contribution in [0.5, 0.6) is 0 Å². The van der Waals surface area contributed by atoms with Crippen molar-refractivity contribution in [2.75, 3.05) is 0 Å². The Morgan fingerprint density at radius 3 is 2.30 bits per heavy atom. The number of halogens is 1. The highest BCUT2D eigenvalue weighted by molar-refractivity contribution is 7.12. The van der Waals surface area contributed by atoms with Gasteiger partial charge < -0.3 is 0 Å². The van der Waals surface area contributed by atoms with Crippen molar-refractivity contribution >= 4 is 11.3 Å². The number of hydrogen-bond acceptors (Lipinski definition) is 1. The van der Waals surface area contributed by atoms with Crippen LogP contribution in [0.3, 0.4) is 0 Å². The minimum absolute atomic E-state index is 0.187. The monoisotopic (exact) mass is 294 g/mol. The minimum Gasteiger partial charge on any atom is -0.247 e. The van der Waals surface area contributed by atoms with Gasteiger partial charge in [-0.15, -0.1) is 11.3 Å². The number of hydrogen-bond donors (Lipinski definition) is 0. The molecule has 0 N–H and O–H groups in total. The predicted molar refractivity (Wildman–Crippen MR) is 85.2 cm³/mol. The molecule has 2 aliphatic rings. The van der Waals surface area contributed by atoms with Crippen molar-refractivity contribution in [3.05, 3.63) is 21.9 Å². The summed E-state index contributed by atoms with van der Waals surface area (Å²) in [4.78, 5) is 2.60. The molecule has 0 aliphatic heterocycles. The smallest absolute Gasteiger partial charge is 0.108 e. The molecular weight excluding hydrogens is 267 g/mol. The van der Waals surface area contributed by atoms with Gasteiger partial charge in [0.25, 0.3) is 0 Å². The first kappa shape index (κ1) is 14.6. The molecule has 2 fully saturated rings. The van der Waals surface area contributed by atoms with Gasteiger partial charge in [-0.1, -0.05) is 19.8 Å². The molecule has 0 nitrogen and oxygen atoms in total. The summed E-state index contributed by atoms with van der Waals surface area (Å²) < 4.78 is 14.6. The molecule has 0 radical (unpaired) electrons. The quantitative estimate of drug-likeness (QED) is 0.618. The first-order chi connectivity index (χ1) is 9.63. The second-order valence-corrected chi connectivity index (χ2v) is 8.48. The summed E-state index contributed by atoms with van der Waals surface area (Å²) in [6.45, 7) is 4.49. The van der Waals surface area contributed by atoms with Crippen LogP contribution in [0.15, 0.2) is 12.1 Å². The second kappa shape index (κ2) is 6.17. The van der Waals surface area contributed by atoms with Crippen molar-refractivity contribution in [3.63, 3.8) is 0 Å². The van der Waals surface area contributed by atoms with Crippen LogP contribution in [0.2, 0.25) is 0 Å². The van der Waals surface area contributed by atoms with E-state index in [9.17, 15) is 4.39 Å². The van der Waals surface area contributed by atoms with Gasteiger partial charge in [-0.25, -0.2) is 4.39 Å². The molecule has 3 unspecified atom stereocenters. The van der Waals surface area contributed by atoms with E-state index in [0.29, 0.717) is 5.92 Å². The molecule has 0 spiro atoms. The van der Waals surface area contributed by atoms with Crippen molar-refractivity contribution in [1.82, 2.24) is 0 Å². The Morgan fingerprint density at radius 1 is 1.00 bits per heavy atom. The van der Waals surface area contributed by atoms with Gasteiger partial charge in [-0.2, -0.15) is 0 Å². The number of alkyl halides is 1. The second-order valence-electron chi connectivity index (χ2n) is 7.16. The normalized spacial score (nSPS) is 38.9. The zero-order valence-electron chi connectivity index (χ0n) is 12.8. The zero-order chi connectivity index (χ0) is 14.1. The Bertz CT molecular complexity index is 430. The van der Waals surface area contributed by atoms with Crippen LogP contribution in [0, 0.1) is 24.7 Å². The predicted octanol–water partition coefficient (Wildman–Crippen LogP) is 6.10. The molecular formula is C18H27FS. The molecule has 2 saturated carbocycles. The minimum atomic E-state index is -0.605. The fraction of sp³-hybridized carbons (Fsp3) is 0.778. The van der Waals surface area contributed by atoms with Crippen LogP contribution in [0.1, 0.15) is 67.5 Å². The Morgan fingerprint density at radius 2 is 1.70 bits per heavy atom. The molecule has 1 aromatic heterocycles. The maximum absolute atomic E-state index is 14.6. The van der Waals surface area contributed by atoms with E-state index in [1.54, 1.807) is 11.3 Å². The van der Waals surface area contributed by atoms with E-state index < -0.39 is 6.17 Å². The largest absolute Gasteiger partial charge is 0.247 e. The van der Waals surface area contributed by atoms with E-state index in [2.05, 4.69) is 26.0 Å². The summed E-state index contributed by atoms with van der Waals surface area (Å²) in [5, 5.41) is 0. The van der Waals surface area contributed by atoms with Gasteiger partial charge >= 0.3 is 0 Å².